The van der Waals surface area contributed by atoms with E-state index in [1.807, 2.05) is 36.3 Å². The number of hydrogen-bond donors (Lipinski definition) is 9. The van der Waals surface area contributed by atoms with Crippen molar-refractivity contribution in [3.05, 3.63) is 148 Å². The highest BCUT2D eigenvalue weighted by Crippen LogP contribution is 2.34. The molecule has 1 fully saturated rings. The molecule has 40 nitrogen and oxygen atoms in total. The van der Waals surface area contributed by atoms with E-state index in [1.165, 1.54) is 49.2 Å². The summed E-state index contributed by atoms with van der Waals surface area (Å²) in [4.78, 5) is 167. The maximum absolute atomic E-state index is 13.3. The van der Waals surface area contributed by atoms with Crippen LogP contribution in [0.3, 0.4) is 0 Å². The van der Waals surface area contributed by atoms with Gasteiger partial charge in [-0.25, -0.2) is 24.6 Å². The first kappa shape index (κ1) is 90.7. The number of hydrogen-bond acceptors (Lipinski definition) is 23. The summed E-state index contributed by atoms with van der Waals surface area (Å²) < 4.78 is 39.0. The number of imidazole rings is 4. The van der Waals surface area contributed by atoms with Gasteiger partial charge in [0.15, 0.2) is 23.3 Å². The van der Waals surface area contributed by atoms with E-state index >= 15 is 0 Å². The molecule has 0 radical (unpaired) electrons. The smallest absolute Gasteiger partial charge is 0.291 e. The number of aryl methyl sites for hydroxylation is 7. The minimum absolute atomic E-state index is 0.00477. The number of carbonyl (C=O) groups is 10. The topological polar surface area (TPSA) is 461 Å². The minimum atomic E-state index is -0.648. The standard InChI is InChI=1S/C81H108N24O16/c1-53-43-60(96-103(9)81(53)116)73-90-61-47-87-59(46-62(61)105(73)54(2)55-15-11-10-12-16-55)56-21-31-104(32-22-56)72(111)52-121-42-41-120-40-39-119-38-37-118-36-35-117-34-23-68(107)83-25-14-30-97(3)29-13-24-82-67(106)19-26-86-78(113)75-93-65(50-101(75)7)92-71(110)20-27-85-77(112)63-44-57(48-99(63)5)88-80(115)76-94-64(51-102(76)8)91-69(108)17-18-70(109)95-66-45-58(49-100(66)6)89-79(114)74-84-28-33-98(74)4/h10-12,15-16,28,33,43-51,54,56H,13-14,17-27,29-32,34-42,52H2,1-9H3,(H,82,106)(H,83,107)(H,85,112)(H,86,113)(H,88,115)(H,89,114)(H,91,108)(H,92,110)(H,95,109)/t54-/m0/s1. The predicted molar refractivity (Wildman–Crippen MR) is 446 cm³/mol. The quantitative estimate of drug-likeness (QED) is 0.0246. The fourth-order valence-corrected chi connectivity index (χ4v) is 13.4. The van der Waals surface area contributed by atoms with Gasteiger partial charge in [0.2, 0.25) is 47.1 Å². The summed E-state index contributed by atoms with van der Waals surface area (Å²) in [6.07, 6.45) is 13.6. The molecule has 1 atom stereocenters. The Balaban J connectivity index is 0.484. The SMILES string of the molecule is Cc1cc(-c2nc3cnc(C4CCN(C(=O)COCCOCCOCCOCCOCCC(=O)NCCCN(C)CCCNC(=O)CCNC(=O)c5nc(NC(=O)CCNC(=O)c6cc(NC(=O)c7nc(NC(=O)CCC(=O)Nc8cc(NC(=O)c9nccn9C)cn8C)cn7C)cn6C)cn5C)CC4)cc3n2[C@@H](C)c2ccccc2)nn(C)c1=O. The van der Waals surface area contributed by atoms with Crippen LogP contribution in [0.2, 0.25) is 0 Å². The number of rotatable bonds is 47. The molecule has 40 heteroatoms. The second kappa shape index (κ2) is 45.0. The van der Waals surface area contributed by atoms with Gasteiger partial charge >= 0.3 is 0 Å². The number of fused-ring (bicyclic) bond motifs is 1. The van der Waals surface area contributed by atoms with E-state index in [-0.39, 0.29) is 141 Å². The zero-order valence-corrected chi connectivity index (χ0v) is 69.7. The summed E-state index contributed by atoms with van der Waals surface area (Å²) in [7, 11) is 11.7. The number of benzene rings is 1. The molecule has 0 aliphatic carbocycles. The van der Waals surface area contributed by atoms with Crippen molar-refractivity contribution in [2.45, 2.75) is 83.6 Å². The van der Waals surface area contributed by atoms with Crippen molar-refractivity contribution in [1.29, 1.82) is 0 Å². The van der Waals surface area contributed by atoms with Crippen LogP contribution in [0.5, 0.6) is 0 Å². The first-order chi connectivity index (χ1) is 58.2. The molecule has 10 amide bonds. The van der Waals surface area contributed by atoms with Gasteiger partial charge in [0.05, 0.1) is 88.6 Å². The van der Waals surface area contributed by atoms with Gasteiger partial charge < -0.3 is 109 Å². The van der Waals surface area contributed by atoms with Gasteiger partial charge in [-0.2, -0.15) is 5.10 Å². The number of aromatic nitrogens is 13. The van der Waals surface area contributed by atoms with E-state index < -0.39 is 41.4 Å². The lowest BCUT2D eigenvalue weighted by molar-refractivity contribution is -0.138. The normalized spacial score (nSPS) is 12.5. The lowest BCUT2D eigenvalue weighted by Crippen LogP contribution is -2.40. The molecule has 0 spiro atoms. The number of amides is 10. The Morgan fingerprint density at radius 2 is 1.07 bits per heavy atom. The maximum atomic E-state index is 13.3. The van der Waals surface area contributed by atoms with Crippen molar-refractivity contribution in [2.24, 2.45) is 42.3 Å². The van der Waals surface area contributed by atoms with Gasteiger partial charge in [0.1, 0.15) is 29.3 Å². The second-order valence-electron chi connectivity index (χ2n) is 29.2. The van der Waals surface area contributed by atoms with Crippen LogP contribution in [0.15, 0.2) is 103 Å². The highest BCUT2D eigenvalue weighted by Gasteiger charge is 2.29. The van der Waals surface area contributed by atoms with E-state index in [4.69, 9.17) is 33.7 Å². The van der Waals surface area contributed by atoms with Crippen molar-refractivity contribution in [1.82, 2.24) is 93.2 Å². The Labute approximate surface area is 698 Å². The number of nitrogens with one attached hydrogen (secondary N) is 9. The molecule has 10 rings (SSSR count). The summed E-state index contributed by atoms with van der Waals surface area (Å²) >= 11 is 0. The highest BCUT2D eigenvalue weighted by atomic mass is 16.6. The first-order valence-electron chi connectivity index (χ1n) is 40.1. The third-order valence-corrected chi connectivity index (χ3v) is 19.9. The number of carbonyl (C=O) groups excluding carboxylic acids is 10. The Morgan fingerprint density at radius 1 is 0.529 bits per heavy atom. The van der Waals surface area contributed by atoms with E-state index in [0.717, 1.165) is 48.1 Å². The van der Waals surface area contributed by atoms with Crippen LogP contribution < -0.4 is 53.4 Å². The Hall–Kier alpha value is -12.6. The van der Waals surface area contributed by atoms with Crippen molar-refractivity contribution >= 4 is 98.9 Å². The van der Waals surface area contributed by atoms with E-state index in [2.05, 4.69) is 102 Å². The maximum Gasteiger partial charge on any atom is 0.291 e. The van der Waals surface area contributed by atoms with Gasteiger partial charge in [-0.1, -0.05) is 30.3 Å². The minimum Gasteiger partial charge on any atom is -0.379 e. The molecule has 121 heavy (non-hydrogen) atoms. The van der Waals surface area contributed by atoms with Gasteiger partial charge in [0, 0.05) is 174 Å². The molecular weight excluding hydrogens is 1570 g/mol. The van der Waals surface area contributed by atoms with Crippen LogP contribution in [0.25, 0.3) is 22.6 Å². The lowest BCUT2D eigenvalue weighted by atomic mass is 9.93. The van der Waals surface area contributed by atoms with Crippen LogP contribution in [-0.4, -0.2) is 256 Å². The number of pyridine rings is 1. The largest absolute Gasteiger partial charge is 0.379 e. The second-order valence-corrected chi connectivity index (χ2v) is 29.2. The monoisotopic (exact) mass is 1670 g/mol. The molecule has 8 aromatic heterocycles. The molecule has 1 aliphatic rings. The fraction of sp³-hybridized carbons (Fsp3) is 0.469. The number of nitrogens with zero attached hydrogens (tertiary/aromatic N) is 15. The van der Waals surface area contributed by atoms with E-state index in [0.29, 0.717) is 114 Å². The third-order valence-electron chi connectivity index (χ3n) is 19.9. The van der Waals surface area contributed by atoms with E-state index in [9.17, 15) is 52.7 Å². The average Bonchev–Trinajstić information content (AvgIpc) is 1.61. The fourth-order valence-electron chi connectivity index (χ4n) is 13.4. The van der Waals surface area contributed by atoms with Crippen molar-refractivity contribution in [2.75, 3.05) is 152 Å². The summed E-state index contributed by atoms with van der Waals surface area (Å²) in [5.74, 6) is -2.59. The number of piperidine rings is 1. The van der Waals surface area contributed by atoms with Gasteiger partial charge in [-0.05, 0) is 83.4 Å². The predicted octanol–water partition coefficient (Wildman–Crippen LogP) is 3.55. The highest BCUT2D eigenvalue weighted by molar-refractivity contribution is 6.05. The molecule has 9 heterocycles. The number of anilines is 5. The van der Waals surface area contributed by atoms with Crippen molar-refractivity contribution in [3.8, 4) is 11.5 Å². The van der Waals surface area contributed by atoms with Crippen LogP contribution in [0.1, 0.15) is 136 Å². The summed E-state index contributed by atoms with van der Waals surface area (Å²) in [5, 5.41) is 29.0. The summed E-state index contributed by atoms with van der Waals surface area (Å²) in [5.41, 5.74) is 5.58. The third kappa shape index (κ3) is 26.9. The summed E-state index contributed by atoms with van der Waals surface area (Å²) in [6, 6.07) is 17.0. The lowest BCUT2D eigenvalue weighted by Gasteiger charge is -2.31. The number of ether oxygens (including phenoxy) is 5. The molecule has 9 aromatic rings. The molecule has 1 aliphatic heterocycles. The number of likely N-dealkylation sites (tertiary alicyclic amines) is 1. The van der Waals surface area contributed by atoms with Gasteiger partial charge in [-0.3, -0.25) is 57.7 Å². The zero-order chi connectivity index (χ0) is 86.5. The van der Waals surface area contributed by atoms with Crippen molar-refractivity contribution < 1.29 is 71.6 Å². The molecule has 0 bridgehead atoms. The van der Waals surface area contributed by atoms with Crippen LogP contribution in [-0.2, 0) is 94.7 Å². The molecular formula is C81H108N24O16. The van der Waals surface area contributed by atoms with Crippen LogP contribution in [0, 0.1) is 6.92 Å². The van der Waals surface area contributed by atoms with E-state index in [1.54, 1.807) is 82.9 Å². The molecule has 0 saturated carbocycles. The van der Waals surface area contributed by atoms with Gasteiger partial charge in [-0.15, -0.1) is 0 Å². The zero-order valence-electron chi connectivity index (χ0n) is 69.7. The molecule has 0 unspecified atom stereocenters. The Bertz CT molecular complexity index is 5100. The average molecular weight is 1670 g/mol. The summed E-state index contributed by atoms with van der Waals surface area (Å²) in [6.45, 7) is 10.4. The molecule has 648 valence electrons. The Kier molecular flexibility index (Phi) is 33.7. The Morgan fingerprint density at radius 3 is 1.69 bits per heavy atom. The van der Waals surface area contributed by atoms with Crippen LogP contribution >= 0.6 is 0 Å². The van der Waals surface area contributed by atoms with Crippen LogP contribution in [0.4, 0.5) is 28.8 Å². The molecule has 1 aromatic carbocycles. The molecule has 1 saturated heterocycles. The first-order valence-corrected chi connectivity index (χ1v) is 40.1. The van der Waals surface area contributed by atoms with Crippen molar-refractivity contribution in [3.63, 3.8) is 0 Å². The molecule has 9 N–H and O–H groups in total. The van der Waals surface area contributed by atoms with Gasteiger partial charge in [0.25, 0.3) is 29.2 Å².